The minimum absolute atomic E-state index is 0.0555. The van der Waals surface area contributed by atoms with Gasteiger partial charge in [0.1, 0.15) is 6.04 Å². The zero-order valence-corrected chi connectivity index (χ0v) is 20.0. The molecule has 1 saturated carbocycles. The van der Waals surface area contributed by atoms with E-state index in [-0.39, 0.29) is 43.3 Å². The first-order chi connectivity index (χ1) is 16.5. The number of nitrogens with zero attached hydrogens (tertiary/aromatic N) is 2. The smallest absolute Gasteiger partial charge is 0.407 e. The topological polar surface area (TPSA) is 96.0 Å². The minimum Gasteiger partial charge on any atom is -0.450 e. The van der Waals surface area contributed by atoms with Crippen molar-refractivity contribution < 1.29 is 23.9 Å². The Labute approximate surface area is 201 Å². The number of carbonyl (C=O) groups is 4. The van der Waals surface area contributed by atoms with Gasteiger partial charge in [-0.3, -0.25) is 19.3 Å². The fraction of sp³-hybridized carbons (Fsp3) is 0.615. The Balaban J connectivity index is 1.46. The third kappa shape index (κ3) is 5.10. The van der Waals surface area contributed by atoms with E-state index in [1.807, 2.05) is 11.8 Å². The van der Waals surface area contributed by atoms with Crippen molar-refractivity contribution in [3.8, 4) is 0 Å². The number of hydrogen-bond acceptors (Lipinski definition) is 5. The number of imide groups is 1. The lowest BCUT2D eigenvalue weighted by Crippen LogP contribution is -2.57. The number of carbonyl (C=O) groups excluding carboxylic acids is 4. The van der Waals surface area contributed by atoms with Gasteiger partial charge in [0.2, 0.25) is 5.91 Å². The maximum atomic E-state index is 13.7. The first-order valence-electron chi connectivity index (χ1n) is 12.7. The van der Waals surface area contributed by atoms with E-state index in [0.717, 1.165) is 44.9 Å². The maximum absolute atomic E-state index is 13.7. The summed E-state index contributed by atoms with van der Waals surface area (Å²) in [6, 6.07) is 6.08. The molecule has 4 amide bonds. The van der Waals surface area contributed by atoms with Crippen molar-refractivity contribution in [1.29, 1.82) is 0 Å². The first kappa shape index (κ1) is 24.2. The van der Waals surface area contributed by atoms with Crippen LogP contribution in [-0.4, -0.2) is 65.4 Å². The number of likely N-dealkylation sites (tertiary alicyclic amines) is 1. The summed E-state index contributed by atoms with van der Waals surface area (Å²) in [6.45, 7) is 3.03. The van der Waals surface area contributed by atoms with Crippen LogP contribution in [0.2, 0.25) is 0 Å². The number of benzene rings is 1. The number of nitrogens with one attached hydrogen (secondary N) is 1. The second-order valence-corrected chi connectivity index (χ2v) is 9.57. The minimum atomic E-state index is -0.848. The fourth-order valence-corrected chi connectivity index (χ4v) is 5.55. The van der Waals surface area contributed by atoms with E-state index < -0.39 is 12.1 Å². The number of amides is 4. The van der Waals surface area contributed by atoms with Crippen LogP contribution in [0.1, 0.15) is 85.4 Å². The van der Waals surface area contributed by atoms with Gasteiger partial charge >= 0.3 is 6.09 Å². The Morgan fingerprint density at radius 2 is 1.74 bits per heavy atom. The zero-order chi connectivity index (χ0) is 24.1. The van der Waals surface area contributed by atoms with E-state index in [1.54, 1.807) is 24.3 Å². The summed E-state index contributed by atoms with van der Waals surface area (Å²) in [6.07, 6.45) is 7.70. The summed E-state index contributed by atoms with van der Waals surface area (Å²) in [7, 11) is 0. The summed E-state index contributed by atoms with van der Waals surface area (Å²) >= 11 is 0. The third-order valence-corrected chi connectivity index (χ3v) is 7.37. The van der Waals surface area contributed by atoms with Crippen molar-refractivity contribution in [1.82, 2.24) is 15.1 Å². The lowest BCUT2D eigenvalue weighted by atomic mass is 9.78. The molecule has 0 unspecified atom stereocenters. The Hall–Kier alpha value is -2.90. The molecule has 1 aromatic carbocycles. The molecule has 2 aliphatic heterocycles. The molecule has 3 aliphatic rings. The van der Waals surface area contributed by atoms with E-state index in [0.29, 0.717) is 23.6 Å². The molecule has 0 bridgehead atoms. The van der Waals surface area contributed by atoms with Crippen molar-refractivity contribution in [3.63, 3.8) is 0 Å². The van der Waals surface area contributed by atoms with Gasteiger partial charge in [-0.2, -0.15) is 0 Å². The van der Waals surface area contributed by atoms with Crippen LogP contribution in [0.25, 0.3) is 0 Å². The Morgan fingerprint density at radius 3 is 2.44 bits per heavy atom. The predicted octanol–water partition coefficient (Wildman–Crippen LogP) is 3.75. The van der Waals surface area contributed by atoms with Gasteiger partial charge in [-0.05, 0) is 56.6 Å². The second kappa shape index (κ2) is 11.0. The van der Waals surface area contributed by atoms with Gasteiger partial charge in [-0.1, -0.05) is 38.3 Å². The number of ether oxygens (including phenoxy) is 1. The Bertz CT molecular complexity index is 896. The van der Waals surface area contributed by atoms with Crippen LogP contribution in [-0.2, 0) is 9.53 Å². The van der Waals surface area contributed by atoms with Crippen LogP contribution in [0.3, 0.4) is 0 Å². The highest BCUT2D eigenvalue weighted by Crippen LogP contribution is 2.35. The Morgan fingerprint density at radius 1 is 1.06 bits per heavy atom. The van der Waals surface area contributed by atoms with Crippen LogP contribution in [0.5, 0.6) is 0 Å². The molecule has 4 rings (SSSR count). The van der Waals surface area contributed by atoms with Crippen LogP contribution in [0, 0.1) is 5.92 Å². The van der Waals surface area contributed by atoms with Crippen molar-refractivity contribution in [3.05, 3.63) is 35.4 Å². The van der Waals surface area contributed by atoms with Crippen molar-refractivity contribution >= 4 is 23.8 Å². The van der Waals surface area contributed by atoms with Crippen LogP contribution >= 0.6 is 0 Å². The molecule has 3 atom stereocenters. The van der Waals surface area contributed by atoms with Gasteiger partial charge in [0.05, 0.1) is 17.7 Å². The van der Waals surface area contributed by atoms with Crippen LogP contribution in [0.15, 0.2) is 24.3 Å². The van der Waals surface area contributed by atoms with Crippen molar-refractivity contribution in [2.45, 2.75) is 76.8 Å². The van der Waals surface area contributed by atoms with Gasteiger partial charge in [0.15, 0.2) is 0 Å². The third-order valence-electron chi connectivity index (χ3n) is 7.37. The highest BCUT2D eigenvalue weighted by atomic mass is 16.5. The molecule has 0 radical (unpaired) electrons. The van der Waals surface area contributed by atoms with Crippen molar-refractivity contribution in [2.24, 2.45) is 5.92 Å². The average molecular weight is 470 g/mol. The quantitative estimate of drug-likeness (QED) is 0.462. The van der Waals surface area contributed by atoms with Crippen LogP contribution < -0.4 is 5.32 Å². The highest BCUT2D eigenvalue weighted by Gasteiger charge is 2.40. The molecule has 1 aliphatic carbocycles. The lowest BCUT2D eigenvalue weighted by molar-refractivity contribution is -0.140. The number of unbranched alkanes of at least 4 members (excludes halogenated alkanes) is 1. The monoisotopic (exact) mass is 469 g/mol. The summed E-state index contributed by atoms with van der Waals surface area (Å²) < 4.78 is 5.25. The molecule has 8 nitrogen and oxygen atoms in total. The molecular formula is C26H35N3O5. The van der Waals surface area contributed by atoms with Gasteiger partial charge in [-0.15, -0.1) is 0 Å². The zero-order valence-electron chi connectivity index (χ0n) is 20.0. The Kier molecular flexibility index (Phi) is 7.85. The average Bonchev–Trinajstić information content (AvgIpc) is 3.10. The molecule has 184 valence electrons. The van der Waals surface area contributed by atoms with E-state index in [2.05, 4.69) is 5.32 Å². The van der Waals surface area contributed by atoms with E-state index in [4.69, 9.17) is 4.74 Å². The molecular weight excluding hydrogens is 434 g/mol. The number of fused-ring (bicyclic) bond motifs is 2. The highest BCUT2D eigenvalue weighted by molar-refractivity contribution is 6.21. The molecule has 8 heteroatoms. The standard InChI is InChI=1S/C26H35N3O5/c1-2-3-17-34-26(33)27-21(25(32)28-15-8-10-18-9-4-7-13-22(18)28)14-16-29-23(30)19-11-5-6-12-20(19)24(29)31/h5-6,11-12,18,21-22H,2-4,7-10,13-17H2,1H3,(H,27,33)/t18-,21-,22+/m1/s1. The van der Waals surface area contributed by atoms with Crippen LogP contribution in [0.4, 0.5) is 4.79 Å². The number of hydrogen-bond donors (Lipinski definition) is 1. The summed E-state index contributed by atoms with van der Waals surface area (Å²) in [5.41, 5.74) is 0.756. The van der Waals surface area contributed by atoms with Gasteiger partial charge < -0.3 is 15.0 Å². The molecule has 1 N–H and O–H groups in total. The van der Waals surface area contributed by atoms with Gasteiger partial charge in [0, 0.05) is 19.1 Å². The number of piperidine rings is 1. The van der Waals surface area contributed by atoms with Crippen molar-refractivity contribution in [2.75, 3.05) is 19.7 Å². The molecule has 0 aromatic heterocycles. The molecule has 1 aromatic rings. The first-order valence-corrected chi connectivity index (χ1v) is 12.7. The summed E-state index contributed by atoms with van der Waals surface area (Å²) in [4.78, 5) is 54.8. The number of rotatable bonds is 8. The van der Waals surface area contributed by atoms with E-state index >= 15 is 0 Å². The van der Waals surface area contributed by atoms with E-state index in [9.17, 15) is 19.2 Å². The molecule has 2 heterocycles. The molecule has 0 spiro atoms. The fourth-order valence-electron chi connectivity index (χ4n) is 5.55. The largest absolute Gasteiger partial charge is 0.450 e. The lowest BCUT2D eigenvalue weighted by Gasteiger charge is -2.45. The maximum Gasteiger partial charge on any atom is 0.407 e. The van der Waals surface area contributed by atoms with E-state index in [1.165, 1.54) is 11.3 Å². The summed E-state index contributed by atoms with van der Waals surface area (Å²) in [5, 5.41) is 2.74. The normalized spacial score (nSPS) is 22.7. The van der Waals surface area contributed by atoms with Gasteiger partial charge in [-0.25, -0.2) is 4.79 Å². The number of alkyl carbamates (subject to hydrolysis) is 1. The second-order valence-electron chi connectivity index (χ2n) is 9.57. The predicted molar refractivity (Wildman–Crippen MR) is 126 cm³/mol. The summed E-state index contributed by atoms with van der Waals surface area (Å²) in [5.74, 6) is -0.342. The SMILES string of the molecule is CCCCOC(=O)N[C@H](CCN1C(=O)c2ccccc2C1=O)C(=O)N1CCC[C@H]2CCCC[C@@H]21. The molecule has 1 saturated heterocycles. The van der Waals surface area contributed by atoms with Gasteiger partial charge in [0.25, 0.3) is 11.8 Å². The molecule has 34 heavy (non-hydrogen) atoms. The molecule has 2 fully saturated rings.